The van der Waals surface area contributed by atoms with Gasteiger partial charge in [0.15, 0.2) is 23.5 Å². The Morgan fingerprint density at radius 3 is 2.61 bits per heavy atom. The molecule has 0 saturated carbocycles. The number of H-pyrrole nitrogens is 1. The van der Waals surface area contributed by atoms with Crippen molar-refractivity contribution in [2.45, 2.75) is 59.2 Å². The van der Waals surface area contributed by atoms with Gasteiger partial charge in [0.2, 0.25) is 5.95 Å². The third kappa shape index (κ3) is 5.75. The fourth-order valence-electron chi connectivity index (χ4n) is 3.84. The molecule has 3 rings (SSSR count). The summed E-state index contributed by atoms with van der Waals surface area (Å²) < 4.78 is 12.2. The van der Waals surface area contributed by atoms with Crippen LogP contribution in [0.2, 0.25) is 0 Å². The lowest BCUT2D eigenvalue weighted by Gasteiger charge is -2.23. The van der Waals surface area contributed by atoms with Crippen LogP contribution in [0.5, 0.6) is 0 Å². The fourth-order valence-corrected chi connectivity index (χ4v) is 3.84. The number of imidazole rings is 1. The van der Waals surface area contributed by atoms with Gasteiger partial charge in [0.05, 0.1) is 19.3 Å². The van der Waals surface area contributed by atoms with E-state index in [1.807, 2.05) is 0 Å². The maximum Gasteiger partial charge on any atom is 0.303 e. The maximum absolute atomic E-state index is 12.6. The second-order valence-corrected chi connectivity index (χ2v) is 9.01. The molecular formula is C21H32N6O6. The molecule has 0 unspecified atom stereocenters. The van der Waals surface area contributed by atoms with Gasteiger partial charge in [-0.2, -0.15) is 4.98 Å². The minimum atomic E-state index is -1.30. The van der Waals surface area contributed by atoms with Crippen molar-refractivity contribution in [1.82, 2.24) is 24.4 Å². The molecule has 1 fully saturated rings. The Labute approximate surface area is 191 Å². The molecule has 33 heavy (non-hydrogen) atoms. The van der Waals surface area contributed by atoms with E-state index in [1.54, 1.807) is 6.34 Å². The van der Waals surface area contributed by atoms with Crippen LogP contribution in [0.15, 0.2) is 16.1 Å². The van der Waals surface area contributed by atoms with E-state index in [9.17, 15) is 19.8 Å². The highest BCUT2D eigenvalue weighted by atomic mass is 16.6. The largest absolute Gasteiger partial charge is 0.457 e. The highest BCUT2D eigenvalue weighted by Crippen LogP contribution is 2.33. The topological polar surface area (TPSA) is 155 Å². The molecule has 0 aromatic carbocycles. The number of aliphatic hydroxyl groups excluding tert-OH is 2. The van der Waals surface area contributed by atoms with Gasteiger partial charge in [0, 0.05) is 20.0 Å². The number of esters is 1. The van der Waals surface area contributed by atoms with E-state index < -0.39 is 42.7 Å². The number of aliphatic hydroxyl groups is 2. The monoisotopic (exact) mass is 464 g/mol. The van der Waals surface area contributed by atoms with E-state index in [0.717, 1.165) is 13.1 Å². The van der Waals surface area contributed by atoms with Crippen LogP contribution < -0.4 is 5.56 Å². The predicted molar refractivity (Wildman–Crippen MR) is 120 cm³/mol. The van der Waals surface area contributed by atoms with Gasteiger partial charge in [-0.1, -0.05) is 27.7 Å². The number of rotatable bonds is 9. The molecule has 3 N–H and O–H groups in total. The summed E-state index contributed by atoms with van der Waals surface area (Å²) in [6.45, 7) is 10.8. The van der Waals surface area contributed by atoms with Crippen LogP contribution in [0.4, 0.5) is 5.95 Å². The second-order valence-electron chi connectivity index (χ2n) is 9.01. The van der Waals surface area contributed by atoms with E-state index >= 15 is 0 Å². The predicted octanol–water partition coefficient (Wildman–Crippen LogP) is 0.576. The Kier molecular flexibility index (Phi) is 7.82. The summed E-state index contributed by atoms with van der Waals surface area (Å²) in [7, 11) is 0. The van der Waals surface area contributed by atoms with Gasteiger partial charge in [-0.05, 0) is 11.8 Å². The van der Waals surface area contributed by atoms with E-state index in [0.29, 0.717) is 11.8 Å². The normalized spacial score (nSPS) is 23.3. The zero-order chi connectivity index (χ0) is 24.3. The molecule has 2 aromatic rings. The summed E-state index contributed by atoms with van der Waals surface area (Å²) in [5.74, 6) is 0.318. The number of hydrogen-bond donors (Lipinski definition) is 3. The number of ether oxygens (including phenoxy) is 2. The summed E-state index contributed by atoms with van der Waals surface area (Å²) >= 11 is 0. The van der Waals surface area contributed by atoms with Crippen molar-refractivity contribution in [3.8, 4) is 0 Å². The first-order chi connectivity index (χ1) is 15.6. The van der Waals surface area contributed by atoms with E-state index in [-0.39, 0.29) is 17.1 Å². The zero-order valence-electron chi connectivity index (χ0n) is 19.5. The van der Waals surface area contributed by atoms with Crippen LogP contribution in [0.3, 0.4) is 0 Å². The fraction of sp³-hybridized carbons (Fsp3) is 0.667. The molecular weight excluding hydrogens is 432 g/mol. The second kappa shape index (κ2) is 10.4. The molecule has 1 saturated heterocycles. The number of fused-ring (bicyclic) bond motifs is 1. The van der Waals surface area contributed by atoms with Gasteiger partial charge < -0.3 is 24.6 Å². The smallest absolute Gasteiger partial charge is 0.303 e. The number of aromatic amines is 1. The van der Waals surface area contributed by atoms with Crippen LogP contribution >= 0.6 is 0 Å². The molecule has 12 nitrogen and oxygen atoms in total. The van der Waals surface area contributed by atoms with Gasteiger partial charge in [-0.3, -0.25) is 19.1 Å². The molecule has 4 atom stereocenters. The molecule has 0 bridgehead atoms. The Morgan fingerprint density at radius 1 is 1.36 bits per heavy atom. The van der Waals surface area contributed by atoms with E-state index in [4.69, 9.17) is 9.47 Å². The standard InChI is InChI=1S/C21H32N6O6/c1-11(2)6-26(7-12(3)4)9-23-21-24-18-15(19(31)25-21)22-10-27(18)20-16(30)17(32-13(5)29)14(8-28)33-20/h9-12,14,16-17,20,28,30H,6-8H2,1-5H3,(H,24,25,31)/t14-,16-,17-,20-/m1/s1. The van der Waals surface area contributed by atoms with Crippen molar-refractivity contribution in [2.24, 2.45) is 16.8 Å². The molecule has 0 radical (unpaired) electrons. The first-order valence-corrected chi connectivity index (χ1v) is 11.0. The third-order valence-corrected chi connectivity index (χ3v) is 5.03. The van der Waals surface area contributed by atoms with Gasteiger partial charge in [0.25, 0.3) is 5.56 Å². The van der Waals surface area contributed by atoms with Crippen molar-refractivity contribution in [3.63, 3.8) is 0 Å². The number of aromatic nitrogens is 4. The summed E-state index contributed by atoms with van der Waals surface area (Å²) in [6, 6.07) is 0. The number of carbonyl (C=O) groups excluding carboxylic acids is 1. The lowest BCUT2D eigenvalue weighted by Crippen LogP contribution is -2.37. The highest BCUT2D eigenvalue weighted by molar-refractivity contribution is 5.71. The van der Waals surface area contributed by atoms with E-state index in [1.165, 1.54) is 17.8 Å². The molecule has 3 heterocycles. The number of nitrogens with zero attached hydrogens (tertiary/aromatic N) is 5. The summed E-state index contributed by atoms with van der Waals surface area (Å²) in [5.41, 5.74) is -0.301. The van der Waals surface area contributed by atoms with Crippen molar-refractivity contribution in [2.75, 3.05) is 19.7 Å². The number of nitrogens with one attached hydrogen (secondary N) is 1. The molecule has 0 spiro atoms. The molecule has 0 amide bonds. The lowest BCUT2D eigenvalue weighted by molar-refractivity contribution is -0.153. The Bertz CT molecular complexity index is 1040. The van der Waals surface area contributed by atoms with Gasteiger partial charge in [0.1, 0.15) is 12.2 Å². The average Bonchev–Trinajstić information content (AvgIpc) is 3.26. The average molecular weight is 465 g/mol. The van der Waals surface area contributed by atoms with Crippen molar-refractivity contribution in [3.05, 3.63) is 16.7 Å². The maximum atomic E-state index is 12.6. The van der Waals surface area contributed by atoms with Crippen molar-refractivity contribution >= 4 is 29.4 Å². The van der Waals surface area contributed by atoms with Crippen LogP contribution in [0, 0.1) is 11.8 Å². The molecule has 1 aliphatic heterocycles. The first kappa shape index (κ1) is 24.8. The van der Waals surface area contributed by atoms with Crippen LogP contribution in [-0.4, -0.2) is 84.9 Å². The third-order valence-electron chi connectivity index (χ3n) is 5.03. The summed E-state index contributed by atoms with van der Waals surface area (Å²) in [6.07, 6.45) is -1.42. The lowest BCUT2D eigenvalue weighted by atomic mass is 10.1. The quantitative estimate of drug-likeness (QED) is 0.274. The number of aliphatic imine (C=N–C) groups is 1. The number of carbonyl (C=O) groups is 1. The first-order valence-electron chi connectivity index (χ1n) is 11.0. The minimum absolute atomic E-state index is 0.0439. The molecule has 12 heteroatoms. The number of hydrogen-bond acceptors (Lipinski definition) is 9. The minimum Gasteiger partial charge on any atom is -0.457 e. The van der Waals surface area contributed by atoms with E-state index in [2.05, 4.69) is 52.5 Å². The Hall–Kier alpha value is -2.83. The Morgan fingerprint density at radius 2 is 2.03 bits per heavy atom. The van der Waals surface area contributed by atoms with Gasteiger partial charge >= 0.3 is 5.97 Å². The van der Waals surface area contributed by atoms with Crippen molar-refractivity contribution in [1.29, 1.82) is 0 Å². The van der Waals surface area contributed by atoms with Crippen LogP contribution in [0.25, 0.3) is 11.2 Å². The molecule has 182 valence electrons. The SMILES string of the molecule is CC(=O)O[C@H]1[C@@H](O)[C@H](n2cnc3c(=O)[nH]c(N=CN(CC(C)C)CC(C)C)nc32)O[C@@H]1CO. The molecule has 2 aromatic heterocycles. The molecule has 0 aliphatic carbocycles. The summed E-state index contributed by atoms with van der Waals surface area (Å²) in [4.78, 5) is 41.5. The van der Waals surface area contributed by atoms with Crippen molar-refractivity contribution < 1.29 is 24.5 Å². The van der Waals surface area contributed by atoms with Crippen LogP contribution in [0.1, 0.15) is 40.8 Å². The highest BCUT2D eigenvalue weighted by Gasteiger charge is 2.47. The Balaban J connectivity index is 1.93. The van der Waals surface area contributed by atoms with Gasteiger partial charge in [-0.15, -0.1) is 0 Å². The van der Waals surface area contributed by atoms with Gasteiger partial charge in [-0.25, -0.2) is 9.98 Å². The zero-order valence-corrected chi connectivity index (χ0v) is 19.5. The van der Waals surface area contributed by atoms with Crippen LogP contribution in [-0.2, 0) is 14.3 Å². The molecule has 1 aliphatic rings. The summed E-state index contributed by atoms with van der Waals surface area (Å²) in [5, 5.41) is 20.3.